The van der Waals surface area contributed by atoms with Crippen molar-refractivity contribution >= 4 is 12.1 Å². The Hall–Kier alpha value is -1.34. The lowest BCUT2D eigenvalue weighted by atomic mass is 10.2. The van der Waals surface area contributed by atoms with Gasteiger partial charge in [0.1, 0.15) is 11.7 Å². The Kier molecular flexibility index (Phi) is 5.13. The lowest BCUT2D eigenvalue weighted by Crippen LogP contribution is -2.44. The first-order valence-corrected chi connectivity index (χ1v) is 6.36. The van der Waals surface area contributed by atoms with Gasteiger partial charge >= 0.3 is 12.1 Å². The van der Waals surface area contributed by atoms with Crippen molar-refractivity contribution in [1.82, 2.24) is 5.32 Å². The van der Waals surface area contributed by atoms with E-state index in [1.165, 1.54) is 0 Å². The maximum absolute atomic E-state index is 11.7. The Labute approximate surface area is 113 Å². The van der Waals surface area contributed by atoms with Crippen LogP contribution in [-0.4, -0.2) is 42.4 Å². The second-order valence-corrected chi connectivity index (χ2v) is 5.72. The smallest absolute Gasteiger partial charge is 0.408 e. The monoisotopic (exact) mass is 273 g/mol. The molecule has 1 amide bonds. The molecule has 7 nitrogen and oxygen atoms in total. The molecule has 1 saturated carbocycles. The second kappa shape index (κ2) is 6.21. The molecule has 19 heavy (non-hydrogen) atoms. The minimum absolute atomic E-state index is 0.115. The molecule has 0 aromatic carbocycles. The Morgan fingerprint density at radius 1 is 1.32 bits per heavy atom. The number of hydrogen-bond donors (Lipinski definition) is 3. The highest BCUT2D eigenvalue weighted by molar-refractivity contribution is 5.72. The molecule has 1 aliphatic rings. The molecule has 5 N–H and O–H groups in total. The van der Waals surface area contributed by atoms with Gasteiger partial charge in [-0.25, -0.2) is 4.79 Å². The lowest BCUT2D eigenvalue weighted by Gasteiger charge is -2.24. The van der Waals surface area contributed by atoms with E-state index in [0.29, 0.717) is 12.8 Å². The number of carbonyl (C=O) groups is 2. The topological polar surface area (TPSA) is 117 Å². The van der Waals surface area contributed by atoms with Crippen LogP contribution < -0.4 is 16.8 Å². The van der Waals surface area contributed by atoms with E-state index in [4.69, 9.17) is 20.9 Å². The molecule has 0 spiro atoms. The van der Waals surface area contributed by atoms with Crippen LogP contribution in [0.4, 0.5) is 4.79 Å². The van der Waals surface area contributed by atoms with E-state index in [9.17, 15) is 9.59 Å². The van der Waals surface area contributed by atoms with E-state index < -0.39 is 23.8 Å². The SMILES string of the molecule is CC(C)(C)OC(=O)N[C@H]1C[C@@H](N)CC1OC(=O)CN. The Morgan fingerprint density at radius 2 is 1.95 bits per heavy atom. The highest BCUT2D eigenvalue weighted by atomic mass is 16.6. The molecular weight excluding hydrogens is 250 g/mol. The molecule has 0 aliphatic heterocycles. The number of amides is 1. The fourth-order valence-electron chi connectivity index (χ4n) is 1.99. The molecule has 0 heterocycles. The maximum Gasteiger partial charge on any atom is 0.408 e. The van der Waals surface area contributed by atoms with Crippen molar-refractivity contribution < 1.29 is 19.1 Å². The molecule has 7 heteroatoms. The molecule has 0 aromatic heterocycles. The van der Waals surface area contributed by atoms with Crippen LogP contribution in [-0.2, 0) is 14.3 Å². The predicted octanol–water partition coefficient (Wildman–Crippen LogP) is -0.129. The van der Waals surface area contributed by atoms with E-state index in [-0.39, 0.29) is 18.6 Å². The van der Waals surface area contributed by atoms with Crippen molar-refractivity contribution in [3.05, 3.63) is 0 Å². The summed E-state index contributed by atoms with van der Waals surface area (Å²) in [6, 6.07) is -0.448. The average molecular weight is 273 g/mol. The van der Waals surface area contributed by atoms with Gasteiger partial charge in [0.15, 0.2) is 0 Å². The van der Waals surface area contributed by atoms with Gasteiger partial charge in [-0.1, -0.05) is 0 Å². The van der Waals surface area contributed by atoms with Crippen LogP contribution >= 0.6 is 0 Å². The highest BCUT2D eigenvalue weighted by Crippen LogP contribution is 2.22. The normalized spacial score (nSPS) is 26.9. The molecule has 1 aliphatic carbocycles. The summed E-state index contributed by atoms with van der Waals surface area (Å²) in [4.78, 5) is 22.9. The summed E-state index contributed by atoms with van der Waals surface area (Å²) in [5.74, 6) is -0.505. The van der Waals surface area contributed by atoms with E-state index in [0.717, 1.165) is 0 Å². The van der Waals surface area contributed by atoms with Gasteiger partial charge in [0.25, 0.3) is 0 Å². The summed E-state index contributed by atoms with van der Waals surface area (Å²) in [6.45, 7) is 5.14. The molecule has 0 bridgehead atoms. The minimum Gasteiger partial charge on any atom is -0.459 e. The molecular formula is C12H23N3O4. The number of ether oxygens (including phenoxy) is 2. The summed E-state index contributed by atoms with van der Waals surface area (Å²) >= 11 is 0. The van der Waals surface area contributed by atoms with Gasteiger partial charge in [-0.15, -0.1) is 0 Å². The Bertz CT molecular complexity index is 340. The number of rotatable bonds is 3. The number of alkyl carbamates (subject to hydrolysis) is 1. The van der Waals surface area contributed by atoms with E-state index in [2.05, 4.69) is 5.32 Å². The average Bonchev–Trinajstić information content (AvgIpc) is 2.55. The zero-order valence-electron chi connectivity index (χ0n) is 11.6. The third-order valence-electron chi connectivity index (χ3n) is 2.69. The second-order valence-electron chi connectivity index (χ2n) is 5.72. The number of carbonyl (C=O) groups excluding carboxylic acids is 2. The minimum atomic E-state index is -0.575. The van der Waals surface area contributed by atoms with Crippen LogP contribution in [0.15, 0.2) is 0 Å². The van der Waals surface area contributed by atoms with Gasteiger partial charge in [-0.2, -0.15) is 0 Å². The van der Waals surface area contributed by atoms with Crippen LogP contribution in [0.3, 0.4) is 0 Å². The Morgan fingerprint density at radius 3 is 2.47 bits per heavy atom. The molecule has 1 rings (SSSR count). The zero-order valence-corrected chi connectivity index (χ0v) is 11.6. The summed E-state index contributed by atoms with van der Waals surface area (Å²) < 4.78 is 10.3. The third-order valence-corrected chi connectivity index (χ3v) is 2.69. The van der Waals surface area contributed by atoms with Crippen LogP contribution in [0.2, 0.25) is 0 Å². The van der Waals surface area contributed by atoms with Crippen molar-refractivity contribution in [2.24, 2.45) is 11.5 Å². The number of esters is 1. The third kappa shape index (κ3) is 5.44. The summed E-state index contributed by atoms with van der Waals surface area (Å²) in [7, 11) is 0. The van der Waals surface area contributed by atoms with Crippen molar-refractivity contribution in [2.45, 2.75) is 57.4 Å². The Balaban J connectivity index is 2.54. The van der Waals surface area contributed by atoms with Crippen molar-refractivity contribution in [3.8, 4) is 0 Å². The highest BCUT2D eigenvalue weighted by Gasteiger charge is 2.36. The molecule has 0 saturated heterocycles. The number of nitrogens with one attached hydrogen (secondary N) is 1. The molecule has 1 fully saturated rings. The first-order chi connectivity index (χ1) is 8.71. The van der Waals surface area contributed by atoms with Crippen LogP contribution in [0, 0.1) is 0 Å². The molecule has 110 valence electrons. The van der Waals surface area contributed by atoms with Crippen LogP contribution in [0.1, 0.15) is 33.6 Å². The first-order valence-electron chi connectivity index (χ1n) is 6.36. The van der Waals surface area contributed by atoms with Gasteiger partial charge in [-0.3, -0.25) is 4.79 Å². The number of nitrogens with two attached hydrogens (primary N) is 2. The van der Waals surface area contributed by atoms with Gasteiger partial charge in [0.2, 0.25) is 0 Å². The molecule has 0 aromatic rings. The first kappa shape index (κ1) is 15.7. The maximum atomic E-state index is 11.7. The molecule has 1 unspecified atom stereocenters. The van der Waals surface area contributed by atoms with Crippen molar-refractivity contribution in [3.63, 3.8) is 0 Å². The summed E-state index contributed by atoms with van der Waals surface area (Å²) in [5.41, 5.74) is 10.4. The number of hydrogen-bond acceptors (Lipinski definition) is 6. The predicted molar refractivity (Wildman–Crippen MR) is 69.3 cm³/mol. The van der Waals surface area contributed by atoms with Gasteiger partial charge in [-0.05, 0) is 27.2 Å². The van der Waals surface area contributed by atoms with Crippen molar-refractivity contribution in [2.75, 3.05) is 6.54 Å². The fraction of sp³-hybridized carbons (Fsp3) is 0.833. The van der Waals surface area contributed by atoms with Gasteiger partial charge in [0.05, 0.1) is 12.6 Å². The van der Waals surface area contributed by atoms with E-state index in [1.807, 2.05) is 0 Å². The van der Waals surface area contributed by atoms with E-state index >= 15 is 0 Å². The molecule has 3 atom stereocenters. The van der Waals surface area contributed by atoms with Crippen LogP contribution in [0.25, 0.3) is 0 Å². The van der Waals surface area contributed by atoms with Gasteiger partial charge < -0.3 is 26.3 Å². The van der Waals surface area contributed by atoms with Gasteiger partial charge in [0, 0.05) is 12.5 Å². The lowest BCUT2D eigenvalue weighted by molar-refractivity contribution is -0.148. The quantitative estimate of drug-likeness (QED) is 0.617. The summed E-state index contributed by atoms with van der Waals surface area (Å²) in [6.07, 6.45) is 0.0625. The standard InChI is InChI=1S/C12H23N3O4/c1-12(2,3)19-11(17)15-8-4-7(14)5-9(8)18-10(16)6-13/h7-9H,4-6,13-14H2,1-3H3,(H,15,17)/t7-,8+,9?/m1/s1. The summed E-state index contributed by atoms with van der Waals surface area (Å²) in [5, 5.41) is 2.69. The van der Waals surface area contributed by atoms with Crippen LogP contribution in [0.5, 0.6) is 0 Å². The van der Waals surface area contributed by atoms with Crippen molar-refractivity contribution in [1.29, 1.82) is 0 Å². The molecule has 0 radical (unpaired) electrons. The largest absolute Gasteiger partial charge is 0.459 e. The zero-order chi connectivity index (χ0) is 14.6. The fourth-order valence-corrected chi connectivity index (χ4v) is 1.99. The van der Waals surface area contributed by atoms with E-state index in [1.54, 1.807) is 20.8 Å².